The summed E-state index contributed by atoms with van der Waals surface area (Å²) in [5.41, 5.74) is -0.771. The zero-order chi connectivity index (χ0) is 10.6. The van der Waals surface area contributed by atoms with Gasteiger partial charge in [-0.3, -0.25) is 0 Å². The molecule has 0 aromatic rings. The number of rotatable bonds is 5. The summed E-state index contributed by atoms with van der Waals surface area (Å²) in [7, 11) is 0. The molecule has 0 radical (unpaired) electrons. The van der Waals surface area contributed by atoms with Gasteiger partial charge in [0.05, 0.1) is 6.10 Å². The Kier molecular flexibility index (Phi) is 9.37. The maximum absolute atomic E-state index is 12.0. The van der Waals surface area contributed by atoms with Crippen molar-refractivity contribution in [2.75, 3.05) is 6.61 Å². The van der Waals surface area contributed by atoms with Gasteiger partial charge in [-0.2, -0.15) is 0 Å². The van der Waals surface area contributed by atoms with Crippen molar-refractivity contribution in [1.82, 2.24) is 0 Å². The van der Waals surface area contributed by atoms with E-state index in [9.17, 15) is 12.9 Å². The smallest absolute Gasteiger partial charge is 0.445 e. The van der Waals surface area contributed by atoms with Crippen molar-refractivity contribution in [3.63, 3.8) is 0 Å². The van der Waals surface area contributed by atoms with Crippen LogP contribution in [0, 0.1) is 5.92 Å². The zero-order valence-corrected chi connectivity index (χ0v) is 12.3. The Morgan fingerprint density at radius 2 is 1.71 bits per heavy atom. The number of halogens is 3. The van der Waals surface area contributed by atoms with E-state index < -0.39 is 19.1 Å². The Hall–Kier alpha value is 1.19. The maximum atomic E-state index is 12.0. The minimum Gasteiger partial charge on any atom is -0.445 e. The first-order chi connectivity index (χ1) is 5.75. The first-order valence-corrected chi connectivity index (χ1v) is 4.24. The molecular formula is C8H15BF3KO. The summed E-state index contributed by atoms with van der Waals surface area (Å²) in [6, 6.07) is 0. The Morgan fingerprint density at radius 3 is 2.00 bits per heavy atom. The van der Waals surface area contributed by atoms with Crippen LogP contribution in [0.3, 0.4) is 0 Å². The average Bonchev–Trinajstić information content (AvgIpc) is 1.97. The molecule has 0 saturated carbocycles. The summed E-state index contributed by atoms with van der Waals surface area (Å²) < 4.78 is 40.9. The van der Waals surface area contributed by atoms with E-state index in [1.54, 1.807) is 6.92 Å². The van der Waals surface area contributed by atoms with Crippen LogP contribution in [0.4, 0.5) is 12.9 Å². The van der Waals surface area contributed by atoms with Crippen LogP contribution in [0.2, 0.25) is 0 Å². The molecule has 0 aliphatic rings. The first-order valence-electron chi connectivity index (χ1n) is 4.24. The zero-order valence-electron chi connectivity index (χ0n) is 9.19. The normalized spacial score (nSPS) is 13.6. The van der Waals surface area contributed by atoms with Crippen LogP contribution in [-0.2, 0) is 4.74 Å². The summed E-state index contributed by atoms with van der Waals surface area (Å²) in [5.74, 6) is 0.216. The van der Waals surface area contributed by atoms with Crippen LogP contribution < -0.4 is 51.4 Å². The molecule has 0 N–H and O–H groups in total. The molecular weight excluding hydrogens is 219 g/mol. The first kappa shape index (κ1) is 17.6. The van der Waals surface area contributed by atoms with Gasteiger partial charge in [-0.25, -0.2) is 0 Å². The van der Waals surface area contributed by atoms with E-state index in [1.807, 2.05) is 13.8 Å². The molecule has 14 heavy (non-hydrogen) atoms. The summed E-state index contributed by atoms with van der Waals surface area (Å²) >= 11 is 0. The number of ether oxygens (including phenoxy) is 1. The van der Waals surface area contributed by atoms with Crippen molar-refractivity contribution >= 4 is 6.98 Å². The minimum atomic E-state index is -4.94. The molecule has 0 aromatic carbocycles. The average molecular weight is 234 g/mol. The van der Waals surface area contributed by atoms with E-state index in [-0.39, 0.29) is 63.4 Å². The Labute approximate surface area is 126 Å². The van der Waals surface area contributed by atoms with E-state index in [2.05, 4.69) is 6.58 Å². The predicted octanol–water partition coefficient (Wildman–Crippen LogP) is -0.00570. The van der Waals surface area contributed by atoms with E-state index in [4.69, 9.17) is 4.74 Å². The fraction of sp³-hybridized carbons (Fsp3) is 0.750. The van der Waals surface area contributed by atoms with Crippen molar-refractivity contribution in [3.05, 3.63) is 12.1 Å². The fourth-order valence-electron chi connectivity index (χ4n) is 0.525. The Morgan fingerprint density at radius 1 is 1.29 bits per heavy atom. The Balaban J connectivity index is 0. The summed E-state index contributed by atoms with van der Waals surface area (Å²) in [6.07, 6.45) is -0.171. The third-order valence-corrected chi connectivity index (χ3v) is 1.93. The number of hydrogen-bond donors (Lipinski definition) is 0. The third-order valence-electron chi connectivity index (χ3n) is 1.93. The molecule has 0 saturated heterocycles. The molecule has 0 aromatic heterocycles. The second-order valence-electron chi connectivity index (χ2n) is 3.49. The summed E-state index contributed by atoms with van der Waals surface area (Å²) in [4.78, 5) is 0. The second kappa shape index (κ2) is 7.46. The molecule has 0 aliphatic heterocycles. The van der Waals surface area contributed by atoms with Gasteiger partial charge >= 0.3 is 58.4 Å². The maximum Gasteiger partial charge on any atom is 1.00 e. The van der Waals surface area contributed by atoms with Crippen LogP contribution in [0.5, 0.6) is 0 Å². The number of hydrogen-bond acceptors (Lipinski definition) is 1. The van der Waals surface area contributed by atoms with Gasteiger partial charge in [0.25, 0.3) is 0 Å². The van der Waals surface area contributed by atoms with Crippen LogP contribution in [0.25, 0.3) is 0 Å². The monoisotopic (exact) mass is 234 g/mol. The standard InChI is InChI=1S/C8H15BF3O.K/c1-6(2)8(4)13-5-7(3)9(10,11)12;/h6,8H,3,5H2,1-2,4H3;/q-1;+1. The van der Waals surface area contributed by atoms with Crippen molar-refractivity contribution in [1.29, 1.82) is 0 Å². The van der Waals surface area contributed by atoms with Gasteiger partial charge in [-0.1, -0.05) is 13.8 Å². The molecule has 0 bridgehead atoms. The van der Waals surface area contributed by atoms with Crippen molar-refractivity contribution in [3.8, 4) is 0 Å². The molecule has 78 valence electrons. The molecule has 1 atom stereocenters. The molecule has 0 fully saturated rings. The molecule has 0 rings (SSSR count). The van der Waals surface area contributed by atoms with Gasteiger partial charge in [0.1, 0.15) is 0 Å². The van der Waals surface area contributed by atoms with E-state index in [0.717, 1.165) is 0 Å². The van der Waals surface area contributed by atoms with Crippen molar-refractivity contribution in [2.45, 2.75) is 26.9 Å². The third kappa shape index (κ3) is 7.48. The van der Waals surface area contributed by atoms with E-state index in [1.165, 1.54) is 0 Å². The van der Waals surface area contributed by atoms with Gasteiger partial charge in [0, 0.05) is 6.61 Å². The summed E-state index contributed by atoms with van der Waals surface area (Å²) in [5, 5.41) is 0. The van der Waals surface area contributed by atoms with Gasteiger partial charge in [-0.05, 0) is 12.8 Å². The molecule has 1 nitrogen and oxygen atoms in total. The quantitative estimate of drug-likeness (QED) is 0.608. The van der Waals surface area contributed by atoms with Gasteiger partial charge in [-0.15, -0.1) is 12.1 Å². The molecule has 0 aliphatic carbocycles. The predicted molar refractivity (Wildman–Crippen MR) is 48.5 cm³/mol. The Bertz CT molecular complexity index is 182. The fourth-order valence-corrected chi connectivity index (χ4v) is 0.525. The summed E-state index contributed by atoms with van der Waals surface area (Å²) in [6.45, 7) is 3.12. The van der Waals surface area contributed by atoms with Crippen LogP contribution in [0.15, 0.2) is 12.1 Å². The molecule has 1 unspecified atom stereocenters. The van der Waals surface area contributed by atoms with Crippen molar-refractivity contribution < 1.29 is 69.1 Å². The van der Waals surface area contributed by atoms with Crippen molar-refractivity contribution in [2.24, 2.45) is 5.92 Å². The topological polar surface area (TPSA) is 9.23 Å². The van der Waals surface area contributed by atoms with Crippen LogP contribution in [0.1, 0.15) is 20.8 Å². The van der Waals surface area contributed by atoms with E-state index in [0.29, 0.717) is 0 Å². The van der Waals surface area contributed by atoms with E-state index >= 15 is 0 Å². The molecule has 0 amide bonds. The van der Waals surface area contributed by atoms with Gasteiger partial charge in [0.2, 0.25) is 0 Å². The van der Waals surface area contributed by atoms with Gasteiger partial charge in [0.15, 0.2) is 0 Å². The SMILES string of the molecule is C=C(COC(C)C(C)C)[B-](F)(F)F.[K+]. The molecule has 0 heterocycles. The second-order valence-corrected chi connectivity index (χ2v) is 3.49. The van der Waals surface area contributed by atoms with Crippen LogP contribution >= 0.6 is 0 Å². The largest absolute Gasteiger partial charge is 1.00 e. The van der Waals surface area contributed by atoms with Gasteiger partial charge < -0.3 is 17.7 Å². The van der Waals surface area contributed by atoms with Crippen LogP contribution in [-0.4, -0.2) is 19.7 Å². The molecule has 6 heteroatoms. The minimum absolute atomic E-state index is 0. The molecule has 0 spiro atoms.